The predicted molar refractivity (Wildman–Crippen MR) is 106 cm³/mol. The Bertz CT molecular complexity index is 1130. The van der Waals surface area contributed by atoms with Crippen molar-refractivity contribution in [2.75, 3.05) is 5.32 Å². The first-order valence-corrected chi connectivity index (χ1v) is 9.27. The Labute approximate surface area is 174 Å². The first-order chi connectivity index (χ1) is 14.1. The highest BCUT2D eigenvalue weighted by molar-refractivity contribution is 6.32. The Hall–Kier alpha value is -3.19. The molecular weight excluding hydrogens is 419 g/mol. The standard InChI is InChI=1S/C22H15ClF3NO3/c1-12-18(23)11-10-17-19(12)27-20(29)21(17,13-2-6-15(28)7-3-13)14-4-8-16(9-5-14)30-22(24,25)26/h2-11,28H,1H3,(H,27,29)/t21-/m1/s1. The second-order valence-corrected chi connectivity index (χ2v) is 7.33. The molecule has 4 nitrogen and oxygen atoms in total. The number of rotatable bonds is 3. The summed E-state index contributed by atoms with van der Waals surface area (Å²) in [7, 11) is 0. The van der Waals surface area contributed by atoms with E-state index in [1.54, 1.807) is 31.2 Å². The van der Waals surface area contributed by atoms with Crippen LogP contribution in [0, 0.1) is 6.92 Å². The molecule has 0 saturated carbocycles. The molecule has 3 aromatic rings. The van der Waals surface area contributed by atoms with Crippen LogP contribution in [0.3, 0.4) is 0 Å². The molecule has 0 unspecified atom stereocenters. The maximum atomic E-state index is 13.4. The van der Waals surface area contributed by atoms with Crippen molar-refractivity contribution in [2.24, 2.45) is 0 Å². The minimum Gasteiger partial charge on any atom is -0.508 e. The van der Waals surface area contributed by atoms with Crippen molar-refractivity contribution in [1.29, 1.82) is 0 Å². The van der Waals surface area contributed by atoms with E-state index in [4.69, 9.17) is 11.6 Å². The van der Waals surface area contributed by atoms with Gasteiger partial charge in [-0.25, -0.2) is 0 Å². The van der Waals surface area contributed by atoms with E-state index in [1.165, 1.54) is 36.4 Å². The normalized spacial score (nSPS) is 18.1. The Morgan fingerprint density at radius 1 is 0.967 bits per heavy atom. The molecule has 154 valence electrons. The van der Waals surface area contributed by atoms with E-state index in [2.05, 4.69) is 10.1 Å². The van der Waals surface area contributed by atoms with Gasteiger partial charge in [-0.1, -0.05) is 41.9 Å². The Morgan fingerprint density at radius 2 is 1.53 bits per heavy atom. The molecule has 3 aromatic carbocycles. The van der Waals surface area contributed by atoms with Gasteiger partial charge in [-0.05, 0) is 53.9 Å². The molecule has 0 fully saturated rings. The second-order valence-electron chi connectivity index (χ2n) is 6.92. The first kappa shape index (κ1) is 20.1. The lowest BCUT2D eigenvalue weighted by Crippen LogP contribution is -2.37. The van der Waals surface area contributed by atoms with Crippen LogP contribution < -0.4 is 10.1 Å². The van der Waals surface area contributed by atoms with Crippen LogP contribution in [0.5, 0.6) is 11.5 Å². The fourth-order valence-electron chi connectivity index (χ4n) is 3.85. The molecule has 1 amide bonds. The molecule has 1 aliphatic heterocycles. The second kappa shape index (κ2) is 6.95. The third-order valence-electron chi connectivity index (χ3n) is 5.20. The van der Waals surface area contributed by atoms with Crippen molar-refractivity contribution in [3.05, 3.63) is 87.9 Å². The average molecular weight is 434 g/mol. The lowest BCUT2D eigenvalue weighted by atomic mass is 9.70. The summed E-state index contributed by atoms with van der Waals surface area (Å²) in [6.45, 7) is 1.77. The van der Waals surface area contributed by atoms with Crippen LogP contribution in [0.2, 0.25) is 5.02 Å². The largest absolute Gasteiger partial charge is 0.573 e. The van der Waals surface area contributed by atoms with Crippen molar-refractivity contribution in [3.8, 4) is 11.5 Å². The highest BCUT2D eigenvalue weighted by atomic mass is 35.5. The molecule has 1 atom stereocenters. The highest BCUT2D eigenvalue weighted by Gasteiger charge is 2.50. The number of carbonyl (C=O) groups is 1. The van der Waals surface area contributed by atoms with Crippen molar-refractivity contribution in [3.63, 3.8) is 0 Å². The number of benzene rings is 3. The van der Waals surface area contributed by atoms with Gasteiger partial charge in [0, 0.05) is 10.6 Å². The average Bonchev–Trinajstić information content (AvgIpc) is 2.98. The number of aromatic hydroxyl groups is 1. The van der Waals surface area contributed by atoms with E-state index < -0.39 is 17.5 Å². The Balaban J connectivity index is 1.95. The van der Waals surface area contributed by atoms with Gasteiger partial charge >= 0.3 is 6.36 Å². The molecule has 4 rings (SSSR count). The molecule has 0 aliphatic carbocycles. The zero-order valence-corrected chi connectivity index (χ0v) is 16.3. The molecule has 0 spiro atoms. The summed E-state index contributed by atoms with van der Waals surface area (Å²) in [5, 5.41) is 13.0. The van der Waals surface area contributed by atoms with Crippen molar-refractivity contribution < 1.29 is 27.8 Å². The number of amides is 1. The summed E-state index contributed by atoms with van der Waals surface area (Å²) in [6.07, 6.45) is -4.82. The van der Waals surface area contributed by atoms with Gasteiger partial charge in [0.25, 0.3) is 0 Å². The molecule has 0 bridgehead atoms. The van der Waals surface area contributed by atoms with Gasteiger partial charge in [-0.15, -0.1) is 13.2 Å². The van der Waals surface area contributed by atoms with E-state index in [-0.39, 0.29) is 11.7 Å². The van der Waals surface area contributed by atoms with Gasteiger partial charge in [0.05, 0.1) is 5.69 Å². The first-order valence-electron chi connectivity index (χ1n) is 8.90. The number of nitrogens with one attached hydrogen (secondary N) is 1. The quantitative estimate of drug-likeness (QED) is 0.570. The summed E-state index contributed by atoms with van der Waals surface area (Å²) < 4.78 is 41.6. The molecule has 1 heterocycles. The summed E-state index contributed by atoms with van der Waals surface area (Å²) in [5.41, 5.74) is 1.50. The van der Waals surface area contributed by atoms with E-state index in [9.17, 15) is 23.1 Å². The number of halogens is 4. The number of phenolic OH excluding ortho intramolecular Hbond substituents is 1. The van der Waals surface area contributed by atoms with Gasteiger partial charge in [-0.2, -0.15) is 0 Å². The topological polar surface area (TPSA) is 58.6 Å². The van der Waals surface area contributed by atoms with E-state index >= 15 is 0 Å². The predicted octanol–water partition coefficient (Wildman–Crippen LogP) is 5.54. The summed E-state index contributed by atoms with van der Waals surface area (Å²) in [6, 6.07) is 14.7. The number of fused-ring (bicyclic) bond motifs is 1. The third kappa shape index (κ3) is 3.15. The van der Waals surface area contributed by atoms with E-state index in [0.717, 1.165) is 0 Å². The van der Waals surface area contributed by atoms with Crippen LogP contribution >= 0.6 is 11.6 Å². The van der Waals surface area contributed by atoms with Crippen LogP contribution in [0.4, 0.5) is 18.9 Å². The number of ether oxygens (including phenoxy) is 1. The molecule has 2 N–H and O–H groups in total. The number of carbonyl (C=O) groups excluding carboxylic acids is 1. The molecule has 30 heavy (non-hydrogen) atoms. The zero-order valence-electron chi connectivity index (χ0n) is 15.5. The monoisotopic (exact) mass is 433 g/mol. The fourth-order valence-corrected chi connectivity index (χ4v) is 4.00. The van der Waals surface area contributed by atoms with Crippen molar-refractivity contribution in [1.82, 2.24) is 0 Å². The minimum atomic E-state index is -4.82. The summed E-state index contributed by atoms with van der Waals surface area (Å²) >= 11 is 6.22. The molecular formula is C22H15ClF3NO3. The molecule has 0 aromatic heterocycles. The fraction of sp³-hybridized carbons (Fsp3) is 0.136. The highest BCUT2D eigenvalue weighted by Crippen LogP contribution is 2.50. The van der Waals surface area contributed by atoms with Gasteiger partial charge in [0.1, 0.15) is 16.9 Å². The van der Waals surface area contributed by atoms with Crippen LogP contribution in [-0.2, 0) is 10.2 Å². The number of hydrogen-bond donors (Lipinski definition) is 2. The zero-order chi connectivity index (χ0) is 21.7. The van der Waals surface area contributed by atoms with Gasteiger partial charge < -0.3 is 15.2 Å². The Kier molecular flexibility index (Phi) is 4.66. The number of hydrogen-bond acceptors (Lipinski definition) is 3. The molecule has 1 aliphatic rings. The van der Waals surface area contributed by atoms with Crippen LogP contribution in [-0.4, -0.2) is 17.4 Å². The lowest BCUT2D eigenvalue weighted by Gasteiger charge is -2.29. The smallest absolute Gasteiger partial charge is 0.508 e. The summed E-state index contributed by atoms with van der Waals surface area (Å²) in [5.74, 6) is -0.746. The maximum absolute atomic E-state index is 13.4. The molecule has 0 saturated heterocycles. The SMILES string of the molecule is Cc1c(Cl)ccc2c1NC(=O)[C@]2(c1ccc(O)cc1)c1ccc(OC(F)(F)F)cc1. The number of alkyl halides is 3. The van der Waals surface area contributed by atoms with E-state index in [0.29, 0.717) is 33.0 Å². The number of phenols is 1. The van der Waals surface area contributed by atoms with Crippen LogP contribution in [0.1, 0.15) is 22.3 Å². The van der Waals surface area contributed by atoms with Gasteiger partial charge in [-0.3, -0.25) is 4.79 Å². The van der Waals surface area contributed by atoms with Crippen molar-refractivity contribution >= 4 is 23.2 Å². The molecule has 8 heteroatoms. The third-order valence-corrected chi connectivity index (χ3v) is 5.61. The van der Waals surface area contributed by atoms with Gasteiger partial charge in [0.2, 0.25) is 5.91 Å². The van der Waals surface area contributed by atoms with Crippen molar-refractivity contribution in [2.45, 2.75) is 18.7 Å². The molecule has 0 radical (unpaired) electrons. The summed E-state index contributed by atoms with van der Waals surface area (Å²) in [4.78, 5) is 13.4. The maximum Gasteiger partial charge on any atom is 0.573 e. The Morgan fingerprint density at radius 3 is 2.10 bits per heavy atom. The van der Waals surface area contributed by atoms with Crippen LogP contribution in [0.15, 0.2) is 60.7 Å². The van der Waals surface area contributed by atoms with Gasteiger partial charge in [0.15, 0.2) is 0 Å². The lowest BCUT2D eigenvalue weighted by molar-refractivity contribution is -0.274. The minimum absolute atomic E-state index is 0.0220. The number of anilines is 1. The van der Waals surface area contributed by atoms with E-state index in [1.807, 2.05) is 0 Å². The van der Waals surface area contributed by atoms with Crippen LogP contribution in [0.25, 0.3) is 0 Å².